The minimum absolute atomic E-state index is 0.0992. The highest BCUT2D eigenvalue weighted by Gasteiger charge is 2.61. The number of para-hydroxylation sites is 3. The second kappa shape index (κ2) is 12.5. The molecule has 0 unspecified atom stereocenters. The van der Waals surface area contributed by atoms with Gasteiger partial charge in [-0.25, -0.2) is 0 Å². The lowest BCUT2D eigenvalue weighted by Gasteiger charge is -2.64. The van der Waals surface area contributed by atoms with Crippen molar-refractivity contribution in [3.05, 3.63) is 228 Å². The van der Waals surface area contributed by atoms with Gasteiger partial charge in [0.2, 0.25) is 0 Å². The Bertz CT molecular complexity index is 3110. The number of anilines is 3. The molecule has 292 valence electrons. The smallest absolute Gasteiger partial charge is 0.0713 e. The maximum absolute atomic E-state index is 2.60. The van der Waals surface area contributed by atoms with Crippen molar-refractivity contribution in [2.24, 2.45) is 23.7 Å². The maximum atomic E-state index is 2.60. The second-order valence-electron chi connectivity index (χ2n) is 18.9. The molecule has 0 N–H and O–H groups in total. The summed E-state index contributed by atoms with van der Waals surface area (Å²) in [6.07, 6.45) is 7.00. The van der Waals surface area contributed by atoms with Crippen LogP contribution in [0.3, 0.4) is 0 Å². The lowest BCUT2D eigenvalue weighted by atomic mass is 9.41. The van der Waals surface area contributed by atoms with E-state index in [0.29, 0.717) is 0 Å². The van der Waals surface area contributed by atoms with Crippen molar-refractivity contribution in [1.29, 1.82) is 0 Å². The number of nitrogens with zero attached hydrogens (tertiary/aromatic N) is 2. The third-order valence-corrected chi connectivity index (χ3v) is 16.2. The Morgan fingerprint density at radius 1 is 0.377 bits per heavy atom. The first kappa shape index (κ1) is 34.1. The first-order valence-electron chi connectivity index (χ1n) is 22.6. The summed E-state index contributed by atoms with van der Waals surface area (Å²) in [5.41, 5.74) is 18.3. The Morgan fingerprint density at radius 3 is 1.57 bits per heavy atom. The van der Waals surface area contributed by atoms with Crippen molar-refractivity contribution < 1.29 is 0 Å². The highest BCUT2D eigenvalue weighted by Crippen LogP contribution is 2.69. The van der Waals surface area contributed by atoms with Crippen LogP contribution in [0.25, 0.3) is 38.6 Å². The number of rotatable bonds is 4. The van der Waals surface area contributed by atoms with Crippen LogP contribution in [0.1, 0.15) is 65.5 Å². The van der Waals surface area contributed by atoms with Crippen LogP contribution in [0.5, 0.6) is 0 Å². The summed E-state index contributed by atoms with van der Waals surface area (Å²) in [5, 5.41) is 2.56. The third-order valence-electron chi connectivity index (χ3n) is 16.2. The van der Waals surface area contributed by atoms with E-state index in [-0.39, 0.29) is 5.41 Å². The number of hydrogen-bond acceptors (Lipinski definition) is 1. The van der Waals surface area contributed by atoms with Gasteiger partial charge in [-0.2, -0.15) is 0 Å². The minimum Gasteiger partial charge on any atom is -0.310 e. The van der Waals surface area contributed by atoms with Gasteiger partial charge in [0.25, 0.3) is 0 Å². The van der Waals surface area contributed by atoms with Gasteiger partial charge < -0.3 is 9.47 Å². The van der Waals surface area contributed by atoms with Crippen LogP contribution in [0, 0.1) is 23.7 Å². The van der Waals surface area contributed by atoms with Gasteiger partial charge >= 0.3 is 0 Å². The molecule has 1 aliphatic heterocycles. The fourth-order valence-corrected chi connectivity index (χ4v) is 14.4. The van der Waals surface area contributed by atoms with Crippen LogP contribution < -0.4 is 4.90 Å². The van der Waals surface area contributed by atoms with Crippen LogP contribution in [-0.2, 0) is 10.8 Å². The molecule has 61 heavy (non-hydrogen) atoms. The Morgan fingerprint density at radius 2 is 0.902 bits per heavy atom. The molecule has 0 saturated heterocycles. The van der Waals surface area contributed by atoms with Crippen LogP contribution >= 0.6 is 0 Å². The predicted octanol–water partition coefficient (Wildman–Crippen LogP) is 14.7. The standard InChI is InChI=1S/C59H46N2/c1-3-15-40(16-4-1)58(41-17-5-2-6-18-41)50-21-9-7-19-46(50)48-36-44(27-29-51(48)58)60-54-24-12-8-20-47(54)49-37-45(28-30-55(49)60)61-56-25-13-10-22-52(56)59(53-23-11-14-26-57(53)61)42-32-38-31-39(34-42)35-43(59)33-38/h1-30,36-39,42-43H,31-35H2/t38-,39+,42-,43?. The van der Waals surface area contributed by atoms with E-state index in [1.165, 1.54) is 110 Å². The normalized spacial score (nSPS) is 22.0. The van der Waals surface area contributed by atoms with Gasteiger partial charge in [0.05, 0.1) is 27.8 Å². The molecule has 6 aliphatic rings. The number of hydrogen-bond donors (Lipinski definition) is 0. The molecule has 8 aromatic carbocycles. The van der Waals surface area contributed by atoms with Crippen LogP contribution in [0.4, 0.5) is 17.1 Å². The average molecular weight is 783 g/mol. The van der Waals surface area contributed by atoms with E-state index < -0.39 is 5.41 Å². The van der Waals surface area contributed by atoms with Crippen LogP contribution in [-0.4, -0.2) is 4.57 Å². The van der Waals surface area contributed by atoms with Crippen molar-refractivity contribution in [2.75, 3.05) is 4.90 Å². The molecule has 4 bridgehead atoms. The van der Waals surface area contributed by atoms with E-state index in [1.807, 2.05) is 0 Å². The highest BCUT2D eigenvalue weighted by atomic mass is 15.2. The molecular weight excluding hydrogens is 737 g/mol. The summed E-state index contributed by atoms with van der Waals surface area (Å²) < 4.78 is 2.50. The molecule has 2 heterocycles. The fourth-order valence-electron chi connectivity index (χ4n) is 14.4. The van der Waals surface area contributed by atoms with Crippen molar-refractivity contribution in [3.63, 3.8) is 0 Å². The second-order valence-corrected chi connectivity index (χ2v) is 18.9. The Kier molecular flexibility index (Phi) is 6.97. The minimum atomic E-state index is -0.418. The maximum Gasteiger partial charge on any atom is 0.0713 e. The number of fused-ring (bicyclic) bond motifs is 8. The van der Waals surface area contributed by atoms with E-state index in [1.54, 1.807) is 11.1 Å². The molecule has 1 aromatic heterocycles. The average Bonchev–Trinajstić information content (AvgIpc) is 3.81. The van der Waals surface area contributed by atoms with E-state index >= 15 is 0 Å². The van der Waals surface area contributed by atoms with Gasteiger partial charge in [0, 0.05) is 27.6 Å². The van der Waals surface area contributed by atoms with Crippen LogP contribution in [0.15, 0.2) is 194 Å². The van der Waals surface area contributed by atoms with Crippen molar-refractivity contribution in [2.45, 2.75) is 42.9 Å². The molecule has 9 aromatic rings. The Balaban J connectivity index is 0.959. The first-order chi connectivity index (χ1) is 30.2. The lowest BCUT2D eigenvalue weighted by molar-refractivity contribution is -0.0419. The van der Waals surface area contributed by atoms with Gasteiger partial charge in [0.1, 0.15) is 0 Å². The van der Waals surface area contributed by atoms with Crippen molar-refractivity contribution >= 4 is 38.9 Å². The number of benzene rings is 8. The SMILES string of the molecule is c1ccc(C2(c3ccccc3)c3ccccc3-c3cc(-n4c5ccccc5c5cc(N6c7ccccc7C7(c8ccccc86)C6C[C@H]8C[C@@H](C6)C[C@@H]7C8)ccc54)ccc32)cc1. The molecule has 2 nitrogen and oxygen atoms in total. The highest BCUT2D eigenvalue weighted by molar-refractivity contribution is 6.11. The van der Waals surface area contributed by atoms with E-state index in [9.17, 15) is 0 Å². The summed E-state index contributed by atoms with van der Waals surface area (Å²) in [6, 6.07) is 73.8. The van der Waals surface area contributed by atoms with Gasteiger partial charge in [-0.1, -0.05) is 146 Å². The Hall–Kier alpha value is -6.64. The molecule has 0 amide bonds. The topological polar surface area (TPSA) is 8.17 Å². The van der Waals surface area contributed by atoms with Gasteiger partial charge in [-0.05, 0) is 149 Å². The molecule has 1 spiro atoms. The van der Waals surface area contributed by atoms with Gasteiger partial charge in [-0.3, -0.25) is 0 Å². The zero-order chi connectivity index (χ0) is 39.9. The monoisotopic (exact) mass is 782 g/mol. The third kappa shape index (κ3) is 4.38. The quantitative estimate of drug-likeness (QED) is 0.173. The van der Waals surface area contributed by atoms with E-state index in [2.05, 4.69) is 204 Å². The molecule has 15 rings (SSSR count). The molecular formula is C59H46N2. The summed E-state index contributed by atoms with van der Waals surface area (Å²) in [7, 11) is 0. The van der Waals surface area contributed by atoms with Crippen LogP contribution in [0.2, 0.25) is 0 Å². The number of aromatic nitrogens is 1. The molecule has 2 heteroatoms. The van der Waals surface area contributed by atoms with Gasteiger partial charge in [-0.15, -0.1) is 0 Å². The molecule has 4 fully saturated rings. The molecule has 0 atom stereocenters. The van der Waals surface area contributed by atoms with E-state index in [4.69, 9.17) is 0 Å². The summed E-state index contributed by atoms with van der Waals surface area (Å²) in [5.74, 6) is 3.28. The van der Waals surface area contributed by atoms with E-state index in [0.717, 1.165) is 23.7 Å². The first-order valence-corrected chi connectivity index (χ1v) is 22.6. The molecule has 0 radical (unpaired) electrons. The molecule has 4 saturated carbocycles. The summed E-state index contributed by atoms with van der Waals surface area (Å²) in [6.45, 7) is 0. The summed E-state index contributed by atoms with van der Waals surface area (Å²) in [4.78, 5) is 2.60. The zero-order valence-corrected chi connectivity index (χ0v) is 34.2. The van der Waals surface area contributed by atoms with Crippen molar-refractivity contribution in [3.8, 4) is 16.8 Å². The van der Waals surface area contributed by atoms with Gasteiger partial charge in [0.15, 0.2) is 0 Å². The van der Waals surface area contributed by atoms with Crippen molar-refractivity contribution in [1.82, 2.24) is 4.57 Å². The fraction of sp³-hybridized carbons (Fsp3) is 0.186. The molecule has 5 aliphatic carbocycles. The lowest BCUT2D eigenvalue weighted by Crippen LogP contribution is -2.57. The summed E-state index contributed by atoms with van der Waals surface area (Å²) >= 11 is 0. The largest absolute Gasteiger partial charge is 0.310 e. The zero-order valence-electron chi connectivity index (χ0n) is 34.2. The predicted molar refractivity (Wildman–Crippen MR) is 251 cm³/mol. The Labute approximate surface area is 357 Å².